The van der Waals surface area contributed by atoms with E-state index in [9.17, 15) is 4.79 Å². The van der Waals surface area contributed by atoms with Gasteiger partial charge in [-0.25, -0.2) is 0 Å². The number of hydrogen-bond donors (Lipinski definition) is 1. The van der Waals surface area contributed by atoms with Crippen molar-refractivity contribution in [1.82, 2.24) is 10.2 Å². The Kier molecular flexibility index (Phi) is 6.64. The highest BCUT2D eigenvalue weighted by atomic mass is 35.5. The fraction of sp³-hybridized carbons (Fsp3) is 0.316. The van der Waals surface area contributed by atoms with Crippen LogP contribution in [0.15, 0.2) is 48.5 Å². The Balaban J connectivity index is 2.13. The molecule has 1 N–H and O–H groups in total. The van der Waals surface area contributed by atoms with E-state index in [0.717, 1.165) is 24.3 Å². The van der Waals surface area contributed by atoms with Crippen LogP contribution in [0.25, 0.3) is 0 Å². The number of benzene rings is 2. The summed E-state index contributed by atoms with van der Waals surface area (Å²) in [6, 6.07) is 14.6. The lowest BCUT2D eigenvalue weighted by atomic mass is 10.0. The summed E-state index contributed by atoms with van der Waals surface area (Å²) in [5.41, 5.74) is 1.66. The molecule has 0 aliphatic heterocycles. The lowest BCUT2D eigenvalue weighted by Gasteiger charge is -2.21. The van der Waals surface area contributed by atoms with E-state index < -0.39 is 0 Å². The topological polar surface area (TPSA) is 41.6 Å². The van der Waals surface area contributed by atoms with Gasteiger partial charge in [-0.15, -0.1) is 0 Å². The van der Waals surface area contributed by atoms with Crippen LogP contribution in [0.2, 0.25) is 5.02 Å². The summed E-state index contributed by atoms with van der Waals surface area (Å²) in [4.78, 5) is 14.6. The van der Waals surface area contributed by atoms with Gasteiger partial charge in [0, 0.05) is 10.6 Å². The van der Waals surface area contributed by atoms with Crippen LogP contribution in [0.1, 0.15) is 28.4 Å². The summed E-state index contributed by atoms with van der Waals surface area (Å²) in [5.74, 6) is 0.629. The van der Waals surface area contributed by atoms with Gasteiger partial charge in [-0.2, -0.15) is 0 Å². The summed E-state index contributed by atoms with van der Waals surface area (Å²) in [6.45, 7) is 0.871. The molecule has 2 rings (SSSR count). The zero-order valence-electron chi connectivity index (χ0n) is 14.3. The molecular formula is C19H23ClN2O2. The normalized spacial score (nSPS) is 12.0. The summed E-state index contributed by atoms with van der Waals surface area (Å²) >= 11 is 5.97. The number of nitrogens with one attached hydrogen (secondary N) is 1. The number of carbonyl (C=O) groups is 1. The van der Waals surface area contributed by atoms with Crippen LogP contribution in [-0.2, 0) is 0 Å². The van der Waals surface area contributed by atoms with Crippen molar-refractivity contribution in [1.29, 1.82) is 0 Å². The zero-order valence-corrected chi connectivity index (χ0v) is 15.0. The highest BCUT2D eigenvalue weighted by Crippen LogP contribution is 2.21. The highest BCUT2D eigenvalue weighted by Gasteiger charge is 2.16. The third-order valence-electron chi connectivity index (χ3n) is 3.79. The molecule has 0 aliphatic rings. The first-order chi connectivity index (χ1) is 11.5. The average Bonchev–Trinajstić information content (AvgIpc) is 2.59. The molecule has 0 bridgehead atoms. The Morgan fingerprint density at radius 3 is 2.29 bits per heavy atom. The van der Waals surface area contributed by atoms with Gasteiger partial charge in [0.2, 0.25) is 0 Å². The molecule has 24 heavy (non-hydrogen) atoms. The Labute approximate surface area is 148 Å². The van der Waals surface area contributed by atoms with Crippen LogP contribution < -0.4 is 10.1 Å². The molecule has 0 unspecified atom stereocenters. The number of rotatable bonds is 7. The maximum Gasteiger partial charge on any atom is 0.251 e. The van der Waals surface area contributed by atoms with Crippen molar-refractivity contribution >= 4 is 17.5 Å². The molecule has 0 spiro atoms. The maximum absolute atomic E-state index is 12.5. The number of methoxy groups -OCH3 is 1. The molecule has 0 fully saturated rings. The molecule has 2 aromatic carbocycles. The lowest BCUT2D eigenvalue weighted by molar-refractivity contribution is 0.0932. The van der Waals surface area contributed by atoms with Gasteiger partial charge in [0.05, 0.1) is 13.2 Å². The van der Waals surface area contributed by atoms with Gasteiger partial charge < -0.3 is 15.0 Å². The van der Waals surface area contributed by atoms with E-state index in [1.165, 1.54) is 0 Å². The Hall–Kier alpha value is -2.04. The number of nitrogens with zero attached hydrogens (tertiary/aromatic N) is 1. The number of hydrogen-bond acceptors (Lipinski definition) is 3. The molecular weight excluding hydrogens is 324 g/mol. The van der Waals surface area contributed by atoms with Gasteiger partial charge in [0.15, 0.2) is 0 Å². The van der Waals surface area contributed by atoms with E-state index in [-0.39, 0.29) is 11.9 Å². The van der Waals surface area contributed by atoms with Crippen molar-refractivity contribution in [3.8, 4) is 5.75 Å². The summed E-state index contributed by atoms with van der Waals surface area (Å²) in [5, 5.41) is 3.80. The first-order valence-electron chi connectivity index (χ1n) is 7.84. The van der Waals surface area contributed by atoms with Crippen LogP contribution in [0.5, 0.6) is 5.75 Å². The lowest BCUT2D eigenvalue weighted by Crippen LogP contribution is -2.31. The standard InChI is InChI=1S/C19H23ClN2O2/c1-22(2)13-12-18(14-4-8-16(20)9-5-14)21-19(23)15-6-10-17(24-3)11-7-15/h4-11,18H,12-13H2,1-3H3,(H,21,23)/t18-/m1/s1. The first kappa shape index (κ1) is 18.3. The van der Waals surface area contributed by atoms with Gasteiger partial charge in [-0.05, 0) is 69.0 Å². The third kappa shape index (κ3) is 5.25. The number of ether oxygens (including phenoxy) is 1. The quantitative estimate of drug-likeness (QED) is 0.829. The second kappa shape index (κ2) is 8.71. The van der Waals surface area contributed by atoms with E-state index in [4.69, 9.17) is 16.3 Å². The van der Waals surface area contributed by atoms with Crippen molar-refractivity contribution in [2.45, 2.75) is 12.5 Å². The van der Waals surface area contributed by atoms with Crippen LogP contribution in [0.4, 0.5) is 0 Å². The fourth-order valence-electron chi connectivity index (χ4n) is 2.39. The highest BCUT2D eigenvalue weighted by molar-refractivity contribution is 6.30. The van der Waals surface area contributed by atoms with Gasteiger partial charge in [0.1, 0.15) is 5.75 Å². The van der Waals surface area contributed by atoms with E-state index in [2.05, 4.69) is 10.2 Å². The van der Waals surface area contributed by atoms with Crippen LogP contribution in [-0.4, -0.2) is 38.6 Å². The minimum Gasteiger partial charge on any atom is -0.497 e. The molecule has 5 heteroatoms. The van der Waals surface area contributed by atoms with Gasteiger partial charge in [-0.1, -0.05) is 23.7 Å². The van der Waals surface area contributed by atoms with E-state index >= 15 is 0 Å². The Morgan fingerprint density at radius 1 is 1.12 bits per heavy atom. The third-order valence-corrected chi connectivity index (χ3v) is 4.05. The molecule has 2 aromatic rings. The largest absolute Gasteiger partial charge is 0.497 e. The SMILES string of the molecule is COc1ccc(C(=O)N[C@H](CCN(C)C)c2ccc(Cl)cc2)cc1. The summed E-state index contributed by atoms with van der Waals surface area (Å²) < 4.78 is 5.13. The van der Waals surface area contributed by atoms with Crippen molar-refractivity contribution < 1.29 is 9.53 Å². The van der Waals surface area contributed by atoms with Crippen LogP contribution in [0, 0.1) is 0 Å². The predicted octanol–water partition coefficient (Wildman–Crippen LogP) is 3.77. The Bertz CT molecular complexity index is 654. The maximum atomic E-state index is 12.5. The molecule has 1 atom stereocenters. The predicted molar refractivity (Wildman–Crippen MR) is 97.8 cm³/mol. The summed E-state index contributed by atoms with van der Waals surface area (Å²) in [6.07, 6.45) is 0.816. The number of carbonyl (C=O) groups excluding carboxylic acids is 1. The molecule has 0 radical (unpaired) electrons. The molecule has 0 heterocycles. The van der Waals surface area contributed by atoms with E-state index in [1.54, 1.807) is 31.4 Å². The monoisotopic (exact) mass is 346 g/mol. The second-order valence-corrected chi connectivity index (χ2v) is 6.33. The van der Waals surface area contributed by atoms with Crippen molar-refractivity contribution in [2.75, 3.05) is 27.7 Å². The van der Waals surface area contributed by atoms with Gasteiger partial charge in [-0.3, -0.25) is 4.79 Å². The van der Waals surface area contributed by atoms with Crippen molar-refractivity contribution in [3.63, 3.8) is 0 Å². The Morgan fingerprint density at radius 2 is 1.75 bits per heavy atom. The molecule has 0 saturated heterocycles. The van der Waals surface area contributed by atoms with Crippen molar-refractivity contribution in [3.05, 3.63) is 64.7 Å². The molecule has 128 valence electrons. The first-order valence-corrected chi connectivity index (χ1v) is 8.22. The van der Waals surface area contributed by atoms with Crippen LogP contribution >= 0.6 is 11.6 Å². The molecule has 0 saturated carbocycles. The zero-order chi connectivity index (χ0) is 17.5. The molecule has 0 aliphatic carbocycles. The van der Waals surface area contributed by atoms with E-state index in [0.29, 0.717) is 10.6 Å². The van der Waals surface area contributed by atoms with Crippen LogP contribution in [0.3, 0.4) is 0 Å². The minimum atomic E-state index is -0.101. The molecule has 4 nitrogen and oxygen atoms in total. The number of halogens is 1. The number of amides is 1. The smallest absolute Gasteiger partial charge is 0.251 e. The van der Waals surface area contributed by atoms with E-state index in [1.807, 2.05) is 38.4 Å². The average molecular weight is 347 g/mol. The van der Waals surface area contributed by atoms with Crippen molar-refractivity contribution in [2.24, 2.45) is 0 Å². The fourth-order valence-corrected chi connectivity index (χ4v) is 2.51. The van der Waals surface area contributed by atoms with Gasteiger partial charge >= 0.3 is 0 Å². The van der Waals surface area contributed by atoms with Gasteiger partial charge in [0.25, 0.3) is 5.91 Å². The molecule has 0 aromatic heterocycles. The second-order valence-electron chi connectivity index (χ2n) is 5.90. The minimum absolute atomic E-state index is 0.0701. The molecule has 1 amide bonds. The summed E-state index contributed by atoms with van der Waals surface area (Å²) in [7, 11) is 5.64.